The highest BCUT2D eigenvalue weighted by Crippen LogP contribution is 2.38. The van der Waals surface area contributed by atoms with Crippen LogP contribution in [0.15, 0.2) is 29.4 Å². The fourth-order valence-corrected chi connectivity index (χ4v) is 1.97. The quantitative estimate of drug-likeness (QED) is 0.339. The Morgan fingerprint density at radius 3 is 1.96 bits per heavy atom. The molecule has 0 aliphatic carbocycles. The van der Waals surface area contributed by atoms with Crippen LogP contribution in [0.5, 0.6) is 5.75 Å². The summed E-state index contributed by atoms with van der Waals surface area (Å²) >= 11 is 0. The van der Waals surface area contributed by atoms with E-state index in [1.165, 1.54) is 12.1 Å². The summed E-state index contributed by atoms with van der Waals surface area (Å²) in [7, 11) is 0. The maximum atomic E-state index is 13.7. The summed E-state index contributed by atoms with van der Waals surface area (Å²) in [5.74, 6) is -9.04. The molecule has 0 spiro atoms. The van der Waals surface area contributed by atoms with E-state index in [0.29, 0.717) is 17.9 Å². The molecule has 0 heterocycles. The van der Waals surface area contributed by atoms with Crippen molar-refractivity contribution in [2.24, 2.45) is 5.10 Å². The van der Waals surface area contributed by atoms with Crippen LogP contribution in [-0.2, 0) is 6.18 Å². The molecule has 0 aromatic heterocycles. The van der Waals surface area contributed by atoms with E-state index in [4.69, 9.17) is 4.74 Å². The van der Waals surface area contributed by atoms with E-state index in [1.807, 2.05) is 0 Å². The number of hydrogen-bond acceptors (Lipinski definition) is 3. The van der Waals surface area contributed by atoms with Crippen LogP contribution < -0.4 is 10.2 Å². The average molecular weight is 380 g/mol. The number of alkyl halides is 3. The predicted molar refractivity (Wildman–Crippen MR) is 80.1 cm³/mol. The van der Waals surface area contributed by atoms with Crippen molar-refractivity contribution in [2.45, 2.75) is 13.1 Å². The first-order chi connectivity index (χ1) is 12.2. The number of nitrogens with one attached hydrogen (secondary N) is 1. The van der Waals surface area contributed by atoms with Crippen molar-refractivity contribution >= 4 is 11.9 Å². The zero-order chi connectivity index (χ0) is 19.5. The lowest BCUT2D eigenvalue weighted by molar-refractivity contribution is -0.143. The van der Waals surface area contributed by atoms with Gasteiger partial charge in [-0.25, -0.2) is 17.6 Å². The van der Waals surface area contributed by atoms with Crippen LogP contribution in [0.25, 0.3) is 0 Å². The van der Waals surface area contributed by atoms with Crippen molar-refractivity contribution in [3.8, 4) is 5.75 Å². The fourth-order valence-electron chi connectivity index (χ4n) is 1.97. The Bertz CT molecular complexity index is 788. The van der Waals surface area contributed by atoms with Crippen molar-refractivity contribution in [3.63, 3.8) is 0 Å². The molecule has 10 heteroatoms. The molecule has 0 fully saturated rings. The number of hydrazone groups is 1. The minimum absolute atomic E-state index is 0.426. The molecule has 1 N–H and O–H groups in total. The number of nitrogens with zero attached hydrogens (tertiary/aromatic N) is 1. The number of ether oxygens (including phenoxy) is 1. The second-order valence-corrected chi connectivity index (χ2v) is 4.88. The Hall–Kier alpha value is -2.78. The number of anilines is 1. The molecule has 2 aromatic carbocycles. The zero-order valence-electron chi connectivity index (χ0n) is 13.1. The molecular formula is C16H11F7N2O. The SMILES string of the molecule is CCOc1ccc(/C=N\Nc2c(F)c(F)c(C(F)(F)F)c(F)c2F)cc1. The van der Waals surface area contributed by atoms with Crippen LogP contribution in [0, 0.1) is 23.3 Å². The van der Waals surface area contributed by atoms with Gasteiger partial charge in [0.15, 0.2) is 23.3 Å². The average Bonchev–Trinajstić information content (AvgIpc) is 2.57. The number of hydrogen-bond donors (Lipinski definition) is 1. The van der Waals surface area contributed by atoms with Gasteiger partial charge in [-0.3, -0.25) is 5.43 Å². The standard InChI is InChI=1S/C16H11F7N2O/c1-2-26-9-5-3-8(4-6-9)7-24-25-15-13(19)11(17)10(16(21,22)23)12(18)14(15)20/h3-7,25H,2H2,1H3/b24-7-. The first-order valence-electron chi connectivity index (χ1n) is 7.11. The first-order valence-corrected chi connectivity index (χ1v) is 7.11. The van der Waals surface area contributed by atoms with Gasteiger partial charge >= 0.3 is 6.18 Å². The third kappa shape index (κ3) is 4.06. The molecule has 0 unspecified atom stereocenters. The largest absolute Gasteiger partial charge is 0.494 e. The van der Waals surface area contributed by atoms with Gasteiger partial charge in [0.2, 0.25) is 0 Å². The lowest BCUT2D eigenvalue weighted by Crippen LogP contribution is -2.16. The van der Waals surface area contributed by atoms with E-state index in [-0.39, 0.29) is 0 Å². The molecule has 0 aliphatic heterocycles. The monoisotopic (exact) mass is 380 g/mol. The molecular weight excluding hydrogens is 369 g/mol. The summed E-state index contributed by atoms with van der Waals surface area (Å²) in [6, 6.07) is 6.20. The Morgan fingerprint density at radius 2 is 1.50 bits per heavy atom. The lowest BCUT2D eigenvalue weighted by Gasteiger charge is -2.13. The predicted octanol–water partition coefficient (Wildman–Crippen LogP) is 5.11. The maximum absolute atomic E-state index is 13.7. The highest BCUT2D eigenvalue weighted by atomic mass is 19.4. The van der Waals surface area contributed by atoms with E-state index in [9.17, 15) is 30.7 Å². The van der Waals surface area contributed by atoms with E-state index in [0.717, 1.165) is 6.21 Å². The Labute approximate surface area is 143 Å². The van der Waals surface area contributed by atoms with Crippen LogP contribution in [0.2, 0.25) is 0 Å². The van der Waals surface area contributed by atoms with Crippen molar-refractivity contribution < 1.29 is 35.5 Å². The third-order valence-corrected chi connectivity index (χ3v) is 3.13. The van der Waals surface area contributed by atoms with Gasteiger partial charge in [-0.05, 0) is 36.8 Å². The molecule has 2 aromatic rings. The van der Waals surface area contributed by atoms with Gasteiger partial charge in [0, 0.05) is 0 Å². The molecule has 26 heavy (non-hydrogen) atoms. The molecule has 0 amide bonds. The third-order valence-electron chi connectivity index (χ3n) is 3.13. The van der Waals surface area contributed by atoms with E-state index < -0.39 is 40.7 Å². The van der Waals surface area contributed by atoms with E-state index in [2.05, 4.69) is 5.10 Å². The number of halogens is 7. The second-order valence-electron chi connectivity index (χ2n) is 4.88. The van der Waals surface area contributed by atoms with Gasteiger partial charge in [0.05, 0.1) is 12.8 Å². The molecule has 0 saturated heterocycles. The van der Waals surface area contributed by atoms with Crippen LogP contribution in [0.1, 0.15) is 18.1 Å². The second kappa shape index (κ2) is 7.63. The van der Waals surface area contributed by atoms with Crippen LogP contribution in [0.4, 0.5) is 36.4 Å². The van der Waals surface area contributed by atoms with Gasteiger partial charge in [-0.1, -0.05) is 0 Å². The van der Waals surface area contributed by atoms with Gasteiger partial charge in [0.25, 0.3) is 0 Å². The van der Waals surface area contributed by atoms with Gasteiger partial charge < -0.3 is 4.74 Å². The molecule has 140 valence electrons. The molecule has 2 rings (SSSR count). The highest BCUT2D eigenvalue weighted by molar-refractivity contribution is 5.80. The molecule has 0 atom stereocenters. The van der Waals surface area contributed by atoms with Crippen LogP contribution in [0.3, 0.4) is 0 Å². The number of rotatable bonds is 5. The molecule has 3 nitrogen and oxygen atoms in total. The summed E-state index contributed by atoms with van der Waals surface area (Å²) in [5, 5.41) is 3.37. The highest BCUT2D eigenvalue weighted by Gasteiger charge is 2.42. The van der Waals surface area contributed by atoms with E-state index >= 15 is 0 Å². The van der Waals surface area contributed by atoms with E-state index in [1.54, 1.807) is 24.5 Å². The topological polar surface area (TPSA) is 33.6 Å². The van der Waals surface area contributed by atoms with Crippen molar-refractivity contribution in [2.75, 3.05) is 12.0 Å². The lowest BCUT2D eigenvalue weighted by atomic mass is 10.1. The van der Waals surface area contributed by atoms with Gasteiger partial charge in [-0.15, -0.1) is 0 Å². The van der Waals surface area contributed by atoms with Gasteiger partial charge in [-0.2, -0.15) is 18.3 Å². The van der Waals surface area contributed by atoms with Gasteiger partial charge in [0.1, 0.15) is 17.0 Å². The summed E-state index contributed by atoms with van der Waals surface area (Å²) in [6.45, 7) is 2.23. The Kier molecular flexibility index (Phi) is 5.73. The van der Waals surface area contributed by atoms with Crippen LogP contribution >= 0.6 is 0 Å². The summed E-state index contributed by atoms with van der Waals surface area (Å²) < 4.78 is 96.9. The number of benzene rings is 2. The Morgan fingerprint density at radius 1 is 0.962 bits per heavy atom. The minimum atomic E-state index is -5.60. The fraction of sp³-hybridized carbons (Fsp3) is 0.188. The molecule has 0 aliphatic rings. The normalized spacial score (nSPS) is 11.8. The first kappa shape index (κ1) is 19.5. The smallest absolute Gasteiger partial charge is 0.422 e. The molecule has 0 saturated carbocycles. The Balaban J connectivity index is 2.27. The summed E-state index contributed by atoms with van der Waals surface area (Å²) in [4.78, 5) is 0. The minimum Gasteiger partial charge on any atom is -0.494 e. The summed E-state index contributed by atoms with van der Waals surface area (Å²) in [6.07, 6.45) is -4.55. The summed E-state index contributed by atoms with van der Waals surface area (Å²) in [5.41, 5.74) is -2.03. The molecule has 0 radical (unpaired) electrons. The molecule has 0 bridgehead atoms. The van der Waals surface area contributed by atoms with Crippen LogP contribution in [-0.4, -0.2) is 12.8 Å². The zero-order valence-corrected chi connectivity index (χ0v) is 13.1. The van der Waals surface area contributed by atoms with Crippen molar-refractivity contribution in [1.29, 1.82) is 0 Å². The van der Waals surface area contributed by atoms with Crippen molar-refractivity contribution in [3.05, 3.63) is 58.7 Å². The van der Waals surface area contributed by atoms with Crippen molar-refractivity contribution in [1.82, 2.24) is 0 Å². The maximum Gasteiger partial charge on any atom is 0.422 e.